The molecule has 0 fully saturated rings. The number of anilines is 1. The molecule has 0 amide bonds. The molecule has 1 atom stereocenters. The first kappa shape index (κ1) is 6.23. The van der Waals surface area contributed by atoms with Gasteiger partial charge in [0.05, 0.1) is 0 Å². The van der Waals surface area contributed by atoms with E-state index in [1.807, 2.05) is 0 Å². The van der Waals surface area contributed by atoms with Crippen molar-refractivity contribution in [1.29, 1.82) is 0 Å². The Labute approximate surface area is 65.1 Å². The second kappa shape index (κ2) is 2.27. The van der Waals surface area contributed by atoms with Crippen LogP contribution in [0.15, 0.2) is 10.8 Å². The predicted octanol–water partition coefficient (Wildman–Crippen LogP) is 2.48. The summed E-state index contributed by atoms with van der Waals surface area (Å²) in [5, 5.41) is 7.70. The van der Waals surface area contributed by atoms with Gasteiger partial charge in [-0.05, 0) is 30.2 Å². The van der Waals surface area contributed by atoms with Gasteiger partial charge in [-0.1, -0.05) is 0 Å². The average molecular weight is 152 g/mol. The van der Waals surface area contributed by atoms with Crippen molar-refractivity contribution in [2.75, 3.05) is 11.9 Å². The molecule has 0 bridgehead atoms. The van der Waals surface area contributed by atoms with Gasteiger partial charge in [-0.3, -0.25) is 0 Å². The fourth-order valence-electron chi connectivity index (χ4n) is 1.30. The Bertz CT molecular complexity index is 229. The van der Waals surface area contributed by atoms with Gasteiger partial charge in [0.15, 0.2) is 0 Å². The van der Waals surface area contributed by atoms with Crippen molar-refractivity contribution in [2.24, 2.45) is 0 Å². The average Bonchev–Trinajstić information content (AvgIpc) is 2.36. The van der Waals surface area contributed by atoms with E-state index in [1.165, 1.54) is 17.7 Å². The van der Waals surface area contributed by atoms with Gasteiger partial charge in [0.25, 0.3) is 0 Å². The first-order valence-corrected chi connectivity index (χ1v) is 4.45. The molecule has 2 heteroatoms. The SMILES string of the molecule is [CH2]C1CCNc2cscc21. The van der Waals surface area contributed by atoms with Crippen LogP contribution >= 0.6 is 11.3 Å². The molecule has 1 radical (unpaired) electrons. The molecule has 1 nitrogen and oxygen atoms in total. The highest BCUT2D eigenvalue weighted by Gasteiger charge is 2.15. The summed E-state index contributed by atoms with van der Waals surface area (Å²) in [5.74, 6) is 0.516. The van der Waals surface area contributed by atoms with Crippen LogP contribution < -0.4 is 5.32 Å². The molecule has 1 unspecified atom stereocenters. The monoisotopic (exact) mass is 152 g/mol. The Balaban J connectivity index is 2.41. The van der Waals surface area contributed by atoms with Gasteiger partial charge in [0.2, 0.25) is 0 Å². The Morgan fingerprint density at radius 3 is 3.30 bits per heavy atom. The largest absolute Gasteiger partial charge is 0.384 e. The van der Waals surface area contributed by atoms with Gasteiger partial charge in [-0.2, -0.15) is 0 Å². The number of rotatable bonds is 0. The molecule has 1 aromatic rings. The first-order chi connectivity index (χ1) is 4.88. The Hall–Kier alpha value is -0.500. The summed E-state index contributed by atoms with van der Waals surface area (Å²) in [6.45, 7) is 5.16. The standard InChI is InChI=1S/C8H10NS/c1-6-2-3-9-8-5-10-4-7(6)8/h4-6,9H,1-3H2. The van der Waals surface area contributed by atoms with Crippen molar-refractivity contribution >= 4 is 17.0 Å². The highest BCUT2D eigenvalue weighted by molar-refractivity contribution is 7.08. The molecule has 1 aliphatic rings. The van der Waals surface area contributed by atoms with Crippen molar-refractivity contribution in [3.05, 3.63) is 23.2 Å². The minimum absolute atomic E-state index is 0.516. The summed E-state index contributed by atoms with van der Waals surface area (Å²) in [4.78, 5) is 0. The van der Waals surface area contributed by atoms with E-state index in [0.29, 0.717) is 5.92 Å². The fourth-order valence-corrected chi connectivity index (χ4v) is 2.19. The molecule has 0 aromatic carbocycles. The van der Waals surface area contributed by atoms with Gasteiger partial charge < -0.3 is 5.32 Å². The summed E-state index contributed by atoms with van der Waals surface area (Å²) in [6.07, 6.45) is 1.17. The van der Waals surface area contributed by atoms with Gasteiger partial charge in [-0.15, -0.1) is 11.3 Å². The van der Waals surface area contributed by atoms with Crippen molar-refractivity contribution < 1.29 is 0 Å². The van der Waals surface area contributed by atoms with Crippen molar-refractivity contribution in [3.8, 4) is 0 Å². The van der Waals surface area contributed by atoms with E-state index >= 15 is 0 Å². The molecule has 0 spiro atoms. The Morgan fingerprint density at radius 1 is 1.60 bits per heavy atom. The Kier molecular flexibility index (Phi) is 1.42. The molecule has 0 aliphatic carbocycles. The minimum atomic E-state index is 0.516. The van der Waals surface area contributed by atoms with E-state index in [1.54, 1.807) is 11.3 Å². The highest BCUT2D eigenvalue weighted by atomic mass is 32.1. The highest BCUT2D eigenvalue weighted by Crippen LogP contribution is 2.33. The summed E-state index contributed by atoms with van der Waals surface area (Å²) in [5.41, 5.74) is 2.70. The zero-order chi connectivity index (χ0) is 6.97. The molecule has 2 rings (SSSR count). The summed E-state index contributed by atoms with van der Waals surface area (Å²) in [6, 6.07) is 0. The van der Waals surface area contributed by atoms with Crippen LogP contribution in [0.5, 0.6) is 0 Å². The van der Waals surface area contributed by atoms with Crippen molar-refractivity contribution in [1.82, 2.24) is 0 Å². The number of hydrogen-bond acceptors (Lipinski definition) is 2. The molecule has 1 aromatic heterocycles. The third-order valence-electron chi connectivity index (χ3n) is 1.94. The number of hydrogen-bond donors (Lipinski definition) is 1. The zero-order valence-corrected chi connectivity index (χ0v) is 6.58. The second-order valence-corrected chi connectivity index (χ2v) is 3.40. The topological polar surface area (TPSA) is 12.0 Å². The third-order valence-corrected chi connectivity index (χ3v) is 2.70. The maximum absolute atomic E-state index is 4.08. The van der Waals surface area contributed by atoms with Crippen LogP contribution in [0.2, 0.25) is 0 Å². The molecular weight excluding hydrogens is 142 g/mol. The molecule has 2 heterocycles. The van der Waals surface area contributed by atoms with E-state index in [-0.39, 0.29) is 0 Å². The van der Waals surface area contributed by atoms with Gasteiger partial charge in [0.1, 0.15) is 0 Å². The molecular formula is C8H10NS. The maximum atomic E-state index is 4.08. The van der Waals surface area contributed by atoms with E-state index in [9.17, 15) is 0 Å². The second-order valence-electron chi connectivity index (χ2n) is 2.65. The lowest BCUT2D eigenvalue weighted by Crippen LogP contribution is -2.12. The molecule has 0 saturated carbocycles. The van der Waals surface area contributed by atoms with Crippen LogP contribution in [0.3, 0.4) is 0 Å². The van der Waals surface area contributed by atoms with Gasteiger partial charge in [-0.25, -0.2) is 0 Å². The third kappa shape index (κ3) is 0.833. The molecule has 0 saturated heterocycles. The Morgan fingerprint density at radius 2 is 2.50 bits per heavy atom. The van der Waals surface area contributed by atoms with Crippen LogP contribution in [0.1, 0.15) is 17.9 Å². The normalized spacial score (nSPS) is 23.5. The summed E-state index contributed by atoms with van der Waals surface area (Å²) < 4.78 is 0. The lowest BCUT2D eigenvalue weighted by atomic mass is 9.96. The molecule has 1 N–H and O–H groups in total. The lowest BCUT2D eigenvalue weighted by molar-refractivity contribution is 0.742. The molecule has 10 heavy (non-hydrogen) atoms. The van der Waals surface area contributed by atoms with Crippen LogP contribution in [0.25, 0.3) is 0 Å². The lowest BCUT2D eigenvalue weighted by Gasteiger charge is -2.19. The van der Waals surface area contributed by atoms with Crippen LogP contribution in [0, 0.1) is 6.92 Å². The first-order valence-electron chi connectivity index (χ1n) is 3.51. The number of nitrogens with one attached hydrogen (secondary N) is 1. The summed E-state index contributed by atoms with van der Waals surface area (Å²) in [7, 11) is 0. The zero-order valence-electron chi connectivity index (χ0n) is 5.76. The van der Waals surface area contributed by atoms with Gasteiger partial charge >= 0.3 is 0 Å². The number of fused-ring (bicyclic) bond motifs is 1. The van der Waals surface area contributed by atoms with Crippen LogP contribution in [0.4, 0.5) is 5.69 Å². The summed E-state index contributed by atoms with van der Waals surface area (Å²) >= 11 is 1.76. The van der Waals surface area contributed by atoms with E-state index < -0.39 is 0 Å². The number of thiophene rings is 1. The van der Waals surface area contributed by atoms with Gasteiger partial charge in [0, 0.05) is 17.6 Å². The quantitative estimate of drug-likeness (QED) is 0.602. The van der Waals surface area contributed by atoms with Crippen molar-refractivity contribution in [2.45, 2.75) is 12.3 Å². The fraction of sp³-hybridized carbons (Fsp3) is 0.375. The molecule has 1 aliphatic heterocycles. The van der Waals surface area contributed by atoms with E-state index in [0.717, 1.165) is 6.54 Å². The smallest absolute Gasteiger partial charge is 0.0484 e. The van der Waals surface area contributed by atoms with Crippen LogP contribution in [-0.4, -0.2) is 6.54 Å². The van der Waals surface area contributed by atoms with Crippen molar-refractivity contribution in [3.63, 3.8) is 0 Å². The minimum Gasteiger partial charge on any atom is -0.384 e. The van der Waals surface area contributed by atoms with E-state index in [4.69, 9.17) is 0 Å². The molecule has 53 valence electrons. The predicted molar refractivity (Wildman–Crippen MR) is 45.5 cm³/mol. The maximum Gasteiger partial charge on any atom is 0.0484 e. The van der Waals surface area contributed by atoms with Crippen LogP contribution in [-0.2, 0) is 0 Å². The van der Waals surface area contributed by atoms with E-state index in [2.05, 4.69) is 23.0 Å².